The van der Waals surface area contributed by atoms with Crippen LogP contribution in [0.15, 0.2) is 42.0 Å². The molecular weight excluding hydrogens is 404 g/mol. The zero-order valence-corrected chi connectivity index (χ0v) is 21.0. The summed E-state index contributed by atoms with van der Waals surface area (Å²) in [4.78, 5) is 39.5. The number of hydrogen-bond acceptors (Lipinski definition) is 3. The molecule has 3 atom stereocenters. The maximum atomic E-state index is 13.4. The Hall–Kier alpha value is -2.63. The second-order valence-corrected chi connectivity index (χ2v) is 10.2. The van der Waals surface area contributed by atoms with E-state index in [1.165, 1.54) is 17.9 Å². The lowest BCUT2D eigenvalue weighted by atomic mass is 9.71. The van der Waals surface area contributed by atoms with Gasteiger partial charge in [-0.2, -0.15) is 0 Å². The molecule has 6 heteroatoms. The van der Waals surface area contributed by atoms with E-state index in [-0.39, 0.29) is 23.3 Å². The van der Waals surface area contributed by atoms with E-state index < -0.39 is 28.9 Å². The SMILES string of the molecule is CCC(C(=O)N[C@H](C(=O)N(C)[C@@H](C)/C=C(\C)C(=O)O)C(C)(C)C)C(C)(C)c1ccccc1. The summed E-state index contributed by atoms with van der Waals surface area (Å²) in [6, 6.07) is 8.75. The molecule has 0 aliphatic heterocycles. The first-order valence-electron chi connectivity index (χ1n) is 11.2. The van der Waals surface area contributed by atoms with E-state index in [0.717, 1.165) is 5.56 Å². The fourth-order valence-corrected chi connectivity index (χ4v) is 3.93. The Balaban J connectivity index is 3.18. The Morgan fingerprint density at radius 3 is 2.06 bits per heavy atom. The van der Waals surface area contributed by atoms with Crippen molar-refractivity contribution in [2.45, 2.75) is 79.3 Å². The Bertz CT molecular complexity index is 837. The first-order chi connectivity index (χ1) is 14.6. The van der Waals surface area contributed by atoms with Crippen molar-refractivity contribution in [1.82, 2.24) is 10.2 Å². The number of rotatable bonds is 9. The minimum absolute atomic E-state index is 0.159. The van der Waals surface area contributed by atoms with E-state index >= 15 is 0 Å². The van der Waals surface area contributed by atoms with Crippen LogP contribution in [0.3, 0.4) is 0 Å². The monoisotopic (exact) mass is 444 g/mol. The van der Waals surface area contributed by atoms with Crippen molar-refractivity contribution in [3.63, 3.8) is 0 Å². The number of carbonyl (C=O) groups excluding carboxylic acids is 2. The smallest absolute Gasteiger partial charge is 0.331 e. The molecule has 32 heavy (non-hydrogen) atoms. The fraction of sp³-hybridized carbons (Fsp3) is 0.577. The molecule has 0 radical (unpaired) electrons. The van der Waals surface area contributed by atoms with Crippen LogP contribution >= 0.6 is 0 Å². The van der Waals surface area contributed by atoms with Crippen LogP contribution in [0.2, 0.25) is 0 Å². The fourth-order valence-electron chi connectivity index (χ4n) is 3.93. The normalized spacial score (nSPS) is 15.5. The second kappa shape index (κ2) is 10.8. The molecule has 178 valence electrons. The van der Waals surface area contributed by atoms with Gasteiger partial charge in [0.2, 0.25) is 11.8 Å². The van der Waals surface area contributed by atoms with Gasteiger partial charge in [0.15, 0.2) is 0 Å². The average molecular weight is 445 g/mol. The molecule has 0 aliphatic rings. The minimum Gasteiger partial charge on any atom is -0.478 e. The highest BCUT2D eigenvalue weighted by atomic mass is 16.4. The highest BCUT2D eigenvalue weighted by Gasteiger charge is 2.40. The Kier molecular flexibility index (Phi) is 9.24. The average Bonchev–Trinajstić information content (AvgIpc) is 2.70. The van der Waals surface area contributed by atoms with Crippen LogP contribution in [0.5, 0.6) is 0 Å². The van der Waals surface area contributed by atoms with Crippen molar-refractivity contribution in [3.05, 3.63) is 47.5 Å². The van der Waals surface area contributed by atoms with E-state index in [1.54, 1.807) is 14.0 Å². The van der Waals surface area contributed by atoms with Gasteiger partial charge in [0.25, 0.3) is 0 Å². The van der Waals surface area contributed by atoms with Crippen LogP contribution in [0.25, 0.3) is 0 Å². The van der Waals surface area contributed by atoms with Crippen LogP contribution in [0.1, 0.15) is 67.4 Å². The van der Waals surface area contributed by atoms with Crippen molar-refractivity contribution in [3.8, 4) is 0 Å². The number of nitrogens with one attached hydrogen (secondary N) is 1. The Morgan fingerprint density at radius 2 is 1.62 bits per heavy atom. The number of carboxylic acid groups (broad SMARTS) is 1. The van der Waals surface area contributed by atoms with Crippen LogP contribution < -0.4 is 5.32 Å². The van der Waals surface area contributed by atoms with Crippen LogP contribution in [0.4, 0.5) is 0 Å². The van der Waals surface area contributed by atoms with E-state index in [0.29, 0.717) is 6.42 Å². The molecule has 2 N–H and O–H groups in total. The van der Waals surface area contributed by atoms with Crippen molar-refractivity contribution in [2.24, 2.45) is 11.3 Å². The third-order valence-electron chi connectivity index (χ3n) is 6.30. The van der Waals surface area contributed by atoms with Gasteiger partial charge in [-0.1, -0.05) is 78.0 Å². The van der Waals surface area contributed by atoms with Crippen molar-refractivity contribution in [2.75, 3.05) is 7.05 Å². The summed E-state index contributed by atoms with van der Waals surface area (Å²) in [5, 5.41) is 12.2. The summed E-state index contributed by atoms with van der Waals surface area (Å²) in [5.74, 6) is -1.75. The third kappa shape index (κ3) is 6.68. The molecule has 0 aromatic heterocycles. The molecular formula is C26H40N2O4. The number of aliphatic carboxylic acids is 1. The molecule has 0 spiro atoms. The molecule has 0 aliphatic carbocycles. The van der Waals surface area contributed by atoms with Gasteiger partial charge in [0.1, 0.15) is 6.04 Å². The van der Waals surface area contributed by atoms with Crippen molar-refractivity contribution in [1.29, 1.82) is 0 Å². The van der Waals surface area contributed by atoms with Crippen LogP contribution in [-0.2, 0) is 19.8 Å². The van der Waals surface area contributed by atoms with Gasteiger partial charge in [-0.15, -0.1) is 0 Å². The minimum atomic E-state index is -1.02. The third-order valence-corrected chi connectivity index (χ3v) is 6.30. The van der Waals surface area contributed by atoms with Gasteiger partial charge in [-0.3, -0.25) is 9.59 Å². The molecule has 1 rings (SSSR count). The second-order valence-electron chi connectivity index (χ2n) is 10.2. The van der Waals surface area contributed by atoms with E-state index in [4.69, 9.17) is 5.11 Å². The van der Waals surface area contributed by atoms with Gasteiger partial charge < -0.3 is 15.3 Å². The standard InChI is InChI=1S/C26H40N2O4/c1-10-20(26(7,8)19-14-12-11-13-15-19)22(29)27-21(25(4,5)6)23(30)28(9)18(3)16-17(2)24(31)32/h11-16,18,20-21H,10H2,1-9H3,(H,27,29)(H,31,32)/b17-16+/t18-,20?,21+/m0/s1. The zero-order chi connectivity index (χ0) is 24.9. The summed E-state index contributed by atoms with van der Waals surface area (Å²) in [7, 11) is 1.63. The molecule has 1 unspecified atom stereocenters. The summed E-state index contributed by atoms with van der Waals surface area (Å²) < 4.78 is 0. The molecule has 0 saturated carbocycles. The maximum Gasteiger partial charge on any atom is 0.331 e. The van der Waals surface area contributed by atoms with Crippen LogP contribution in [-0.4, -0.2) is 46.9 Å². The molecule has 6 nitrogen and oxygen atoms in total. The topological polar surface area (TPSA) is 86.7 Å². The molecule has 1 aromatic rings. The first kappa shape index (κ1) is 27.4. The molecule has 0 saturated heterocycles. The number of hydrogen-bond donors (Lipinski definition) is 2. The van der Waals surface area contributed by atoms with Gasteiger partial charge in [0, 0.05) is 30.0 Å². The van der Waals surface area contributed by atoms with Gasteiger partial charge in [-0.25, -0.2) is 4.79 Å². The maximum absolute atomic E-state index is 13.4. The Labute approximate surface area is 193 Å². The molecule has 2 amide bonds. The highest BCUT2D eigenvalue weighted by molar-refractivity contribution is 5.90. The summed E-state index contributed by atoms with van der Waals surface area (Å²) in [6.45, 7) is 15.1. The number of nitrogens with zero attached hydrogens (tertiary/aromatic N) is 1. The highest BCUT2D eigenvalue weighted by Crippen LogP contribution is 2.34. The van der Waals surface area contributed by atoms with Gasteiger partial charge in [-0.05, 0) is 31.2 Å². The quantitative estimate of drug-likeness (QED) is 0.553. The number of carboxylic acids is 1. The van der Waals surface area contributed by atoms with E-state index in [9.17, 15) is 14.4 Å². The molecule has 1 aromatic carbocycles. The van der Waals surface area contributed by atoms with Crippen molar-refractivity contribution < 1.29 is 19.5 Å². The lowest BCUT2D eigenvalue weighted by Gasteiger charge is -2.38. The first-order valence-corrected chi connectivity index (χ1v) is 11.2. The number of likely N-dealkylation sites (N-methyl/N-ethyl adjacent to an activating group) is 1. The molecule has 0 fully saturated rings. The van der Waals surface area contributed by atoms with E-state index in [1.807, 2.05) is 58.0 Å². The summed E-state index contributed by atoms with van der Waals surface area (Å²) >= 11 is 0. The molecule has 0 bridgehead atoms. The number of amides is 2. The summed E-state index contributed by atoms with van der Waals surface area (Å²) in [5.41, 5.74) is 0.304. The predicted molar refractivity (Wildman–Crippen MR) is 128 cm³/mol. The number of benzene rings is 1. The summed E-state index contributed by atoms with van der Waals surface area (Å²) in [6.07, 6.45) is 2.17. The largest absolute Gasteiger partial charge is 0.478 e. The van der Waals surface area contributed by atoms with Crippen molar-refractivity contribution >= 4 is 17.8 Å². The zero-order valence-electron chi connectivity index (χ0n) is 21.0. The number of carbonyl (C=O) groups is 3. The molecule has 0 heterocycles. The predicted octanol–water partition coefficient (Wildman–Crippen LogP) is 4.40. The van der Waals surface area contributed by atoms with Crippen LogP contribution in [0, 0.1) is 11.3 Å². The van der Waals surface area contributed by atoms with Gasteiger partial charge in [0.05, 0.1) is 0 Å². The van der Waals surface area contributed by atoms with Gasteiger partial charge >= 0.3 is 5.97 Å². The lowest BCUT2D eigenvalue weighted by molar-refractivity contribution is -0.141. The van der Waals surface area contributed by atoms with E-state index in [2.05, 4.69) is 19.2 Å². The Morgan fingerprint density at radius 1 is 1.09 bits per heavy atom. The lowest BCUT2D eigenvalue weighted by Crippen LogP contribution is -2.57.